The number of aryl methyl sites for hydroxylation is 2. The molecular formula is C49H58N8O7. The average molecular weight is 871 g/mol. The lowest BCUT2D eigenvalue weighted by atomic mass is 9.88. The van der Waals surface area contributed by atoms with Gasteiger partial charge in [-0.05, 0) is 74.2 Å². The minimum atomic E-state index is -1.24. The number of nitrogens with one attached hydrogen (secondary N) is 1. The molecule has 0 fully saturated rings. The molecule has 0 spiro atoms. The SMILES string of the molecule is C=Cc1ccc(-c2nc(C)c(C(=O)C[C@@H](CCN)C(=O)N(C)[C@@H]3C(=O)C[C@@H](C)C(=O)N[C@H](C(=O)CCC#N)Cc4ccc(OCCN)c(c4)-c4cc3ccc4OCCN)c(C)n2)cc1. The number of amides is 2. The van der Waals surface area contributed by atoms with Gasteiger partial charge in [-0.25, -0.2) is 9.97 Å². The molecule has 0 radical (unpaired) electrons. The lowest BCUT2D eigenvalue weighted by Gasteiger charge is -2.32. The molecule has 2 heterocycles. The molecule has 0 unspecified atom stereocenters. The van der Waals surface area contributed by atoms with Crippen molar-refractivity contribution in [2.75, 3.05) is 39.9 Å². The molecule has 5 rings (SSSR count). The summed E-state index contributed by atoms with van der Waals surface area (Å²) in [5.41, 5.74) is 22.8. The molecule has 1 aliphatic heterocycles. The number of Topliss-reactive ketones (excluding diaryl/α,β-unsaturated/α-hetero) is 3. The van der Waals surface area contributed by atoms with Crippen LogP contribution in [0.2, 0.25) is 0 Å². The van der Waals surface area contributed by atoms with Crippen LogP contribution in [0.15, 0.2) is 67.2 Å². The topological polar surface area (TPSA) is 247 Å². The summed E-state index contributed by atoms with van der Waals surface area (Å²) in [6.45, 7) is 9.67. The highest BCUT2D eigenvalue weighted by molar-refractivity contribution is 6.01. The molecule has 64 heavy (non-hydrogen) atoms. The van der Waals surface area contributed by atoms with Crippen LogP contribution in [0.3, 0.4) is 0 Å². The number of nitrogens with zero attached hydrogens (tertiary/aromatic N) is 4. The molecule has 2 amide bonds. The molecule has 0 saturated heterocycles. The Balaban J connectivity index is 1.58. The van der Waals surface area contributed by atoms with E-state index in [2.05, 4.69) is 21.9 Å². The van der Waals surface area contributed by atoms with Crippen molar-refractivity contribution in [1.82, 2.24) is 20.2 Å². The quantitative estimate of drug-likeness (QED) is 0.0964. The zero-order valence-electron chi connectivity index (χ0n) is 37.0. The molecule has 4 aromatic rings. The molecule has 1 aromatic heterocycles. The van der Waals surface area contributed by atoms with Gasteiger partial charge in [-0.2, -0.15) is 5.26 Å². The maximum absolute atomic E-state index is 14.8. The van der Waals surface area contributed by atoms with Crippen LogP contribution in [-0.4, -0.2) is 90.0 Å². The van der Waals surface area contributed by atoms with Crippen LogP contribution in [0.4, 0.5) is 0 Å². The van der Waals surface area contributed by atoms with Gasteiger partial charge in [0.2, 0.25) is 11.8 Å². The standard InChI is InChI=1S/C49H58N8O7/c1-6-32-9-12-34(13-10-32)47-54-30(3)45(31(4)55-47)41(59)28-36(17-19-51)49(62)57(5)46-35-14-16-44(64-23-21-53)38(27-35)37-25-33(11-15-43(37)63-22-20-52)26-39(40(58)8-7-18-50)56-48(61)29(2)24-42(46)60/h6,9-16,25,27,29,36,39,46H,1,7-8,17,19-24,26,28,51-53H2,2-5H3,(H,56,61)/t29-,36-,39+,46+/m1/s1. The van der Waals surface area contributed by atoms with Crippen molar-refractivity contribution in [2.24, 2.45) is 29.0 Å². The lowest BCUT2D eigenvalue weighted by Crippen LogP contribution is -2.46. The number of nitriles is 1. The van der Waals surface area contributed by atoms with Crippen LogP contribution < -0.4 is 32.0 Å². The lowest BCUT2D eigenvalue weighted by molar-refractivity contribution is -0.142. The minimum absolute atomic E-state index is 0.0331. The highest BCUT2D eigenvalue weighted by Crippen LogP contribution is 2.41. The third-order valence-corrected chi connectivity index (χ3v) is 11.3. The van der Waals surface area contributed by atoms with E-state index in [1.807, 2.05) is 36.4 Å². The Hall–Kier alpha value is -6.60. The van der Waals surface area contributed by atoms with Crippen LogP contribution >= 0.6 is 0 Å². The summed E-state index contributed by atoms with van der Waals surface area (Å²) < 4.78 is 12.2. The molecular weight excluding hydrogens is 813 g/mol. The smallest absolute Gasteiger partial charge is 0.226 e. The number of carbonyl (C=O) groups excluding carboxylic acids is 5. The highest BCUT2D eigenvalue weighted by atomic mass is 16.5. The van der Waals surface area contributed by atoms with Gasteiger partial charge >= 0.3 is 0 Å². The van der Waals surface area contributed by atoms with Crippen LogP contribution in [0, 0.1) is 37.0 Å². The number of benzene rings is 3. The second-order valence-corrected chi connectivity index (χ2v) is 16.0. The minimum Gasteiger partial charge on any atom is -0.492 e. The van der Waals surface area contributed by atoms with E-state index in [9.17, 15) is 29.2 Å². The Morgan fingerprint density at radius 1 is 0.922 bits per heavy atom. The Morgan fingerprint density at radius 2 is 1.55 bits per heavy atom. The first-order chi connectivity index (χ1) is 30.7. The first-order valence-electron chi connectivity index (χ1n) is 21.5. The van der Waals surface area contributed by atoms with E-state index in [1.54, 1.807) is 57.2 Å². The van der Waals surface area contributed by atoms with Crippen LogP contribution in [0.5, 0.6) is 11.5 Å². The highest BCUT2D eigenvalue weighted by Gasteiger charge is 2.36. The normalized spacial score (nSPS) is 16.7. The van der Waals surface area contributed by atoms with Gasteiger partial charge in [-0.15, -0.1) is 0 Å². The number of hydrogen-bond acceptors (Lipinski definition) is 13. The second kappa shape index (κ2) is 22.7. The molecule has 0 aliphatic carbocycles. The maximum atomic E-state index is 14.8. The van der Waals surface area contributed by atoms with Gasteiger partial charge in [0.1, 0.15) is 30.8 Å². The Labute approximate surface area is 374 Å². The van der Waals surface area contributed by atoms with Crippen molar-refractivity contribution in [2.45, 2.75) is 71.4 Å². The Bertz CT molecular complexity index is 2390. The summed E-state index contributed by atoms with van der Waals surface area (Å²) in [5.74, 6) is -2.75. The number of aromatic nitrogens is 2. The zero-order valence-corrected chi connectivity index (χ0v) is 37.0. The van der Waals surface area contributed by atoms with Gasteiger partial charge in [0.05, 0.1) is 29.1 Å². The van der Waals surface area contributed by atoms with Gasteiger partial charge in [0, 0.05) is 74.3 Å². The van der Waals surface area contributed by atoms with Crippen molar-refractivity contribution in [3.8, 4) is 40.1 Å². The van der Waals surface area contributed by atoms with Gasteiger partial charge in [0.25, 0.3) is 0 Å². The van der Waals surface area contributed by atoms with E-state index in [4.69, 9.17) is 26.7 Å². The molecule has 15 nitrogen and oxygen atoms in total. The van der Waals surface area contributed by atoms with E-state index in [0.29, 0.717) is 56.5 Å². The second-order valence-electron chi connectivity index (χ2n) is 16.0. The summed E-state index contributed by atoms with van der Waals surface area (Å²) >= 11 is 0. The summed E-state index contributed by atoms with van der Waals surface area (Å²) in [6.07, 6.45) is 1.32. The molecule has 7 N–H and O–H groups in total. The maximum Gasteiger partial charge on any atom is 0.226 e. The van der Waals surface area contributed by atoms with Crippen LogP contribution in [-0.2, 0) is 25.6 Å². The summed E-state index contributed by atoms with van der Waals surface area (Å²) in [4.78, 5) is 81.5. The molecule has 336 valence electrons. The number of nitrogens with two attached hydrogens (primary N) is 3. The Morgan fingerprint density at radius 3 is 2.14 bits per heavy atom. The van der Waals surface area contributed by atoms with E-state index >= 15 is 0 Å². The first kappa shape index (κ1) is 48.4. The fourth-order valence-electron chi connectivity index (χ4n) is 7.98. The number of rotatable bonds is 18. The van der Waals surface area contributed by atoms with Gasteiger partial charge in [0.15, 0.2) is 23.2 Å². The number of ketones is 3. The molecule has 3 aromatic carbocycles. The predicted molar refractivity (Wildman–Crippen MR) is 244 cm³/mol. The van der Waals surface area contributed by atoms with Gasteiger partial charge in [-0.3, -0.25) is 24.0 Å². The van der Waals surface area contributed by atoms with Crippen molar-refractivity contribution in [1.29, 1.82) is 5.26 Å². The van der Waals surface area contributed by atoms with Gasteiger partial charge in [-0.1, -0.05) is 56.0 Å². The largest absolute Gasteiger partial charge is 0.492 e. The molecule has 0 saturated carbocycles. The van der Waals surface area contributed by atoms with E-state index in [-0.39, 0.29) is 82.9 Å². The van der Waals surface area contributed by atoms with Gasteiger partial charge < -0.3 is 36.9 Å². The third-order valence-electron chi connectivity index (χ3n) is 11.3. The van der Waals surface area contributed by atoms with Crippen molar-refractivity contribution in [3.63, 3.8) is 0 Å². The van der Waals surface area contributed by atoms with Crippen molar-refractivity contribution in [3.05, 3.63) is 101 Å². The third kappa shape index (κ3) is 11.7. The number of hydrogen-bond donors (Lipinski definition) is 4. The Kier molecular flexibility index (Phi) is 17.1. The van der Waals surface area contributed by atoms with Crippen LogP contribution in [0.1, 0.15) is 83.5 Å². The number of likely N-dealkylation sites (N-methyl/N-ethyl adjacent to an activating group) is 1. The summed E-state index contributed by atoms with van der Waals surface area (Å²) in [7, 11) is 1.50. The van der Waals surface area contributed by atoms with Crippen molar-refractivity contribution >= 4 is 35.2 Å². The molecule has 1 aliphatic rings. The van der Waals surface area contributed by atoms with E-state index in [0.717, 1.165) is 11.1 Å². The van der Waals surface area contributed by atoms with E-state index in [1.165, 1.54) is 11.9 Å². The van der Waals surface area contributed by atoms with E-state index < -0.39 is 41.5 Å². The van der Waals surface area contributed by atoms with Crippen molar-refractivity contribution < 1.29 is 33.4 Å². The fraction of sp³-hybridized carbons (Fsp3) is 0.388. The predicted octanol–water partition coefficient (Wildman–Crippen LogP) is 4.99. The average Bonchev–Trinajstić information content (AvgIpc) is 3.28. The first-order valence-corrected chi connectivity index (χ1v) is 21.5. The molecule has 15 heteroatoms. The monoisotopic (exact) mass is 870 g/mol. The fourth-order valence-corrected chi connectivity index (χ4v) is 7.98. The summed E-state index contributed by atoms with van der Waals surface area (Å²) in [5, 5.41) is 12.1. The zero-order chi connectivity index (χ0) is 46.5. The number of carbonyl (C=O) groups is 5. The number of fused-ring (bicyclic) bond motifs is 5. The molecule has 4 atom stereocenters. The molecule has 4 bridgehead atoms. The summed E-state index contributed by atoms with van der Waals surface area (Å²) in [6, 6.07) is 17.8. The number of ether oxygens (including phenoxy) is 2. The van der Waals surface area contributed by atoms with Crippen LogP contribution in [0.25, 0.3) is 28.6 Å².